The number of carboxylic acid groups (broad SMARTS) is 1. The Hall–Kier alpha value is 0.220. The molecule has 0 amide bonds. The zero-order valence-electron chi connectivity index (χ0n) is 11.5. The first-order valence-electron chi connectivity index (χ1n) is 5.95. The number of thioether (sulfide) groups is 1. The molecular weight excluding hydrogens is 313 g/mol. The van der Waals surface area contributed by atoms with Gasteiger partial charge in [-0.2, -0.15) is 11.8 Å². The quantitative estimate of drug-likeness (QED) is 0.493. The van der Waals surface area contributed by atoms with Crippen LogP contribution >= 0.6 is 30.0 Å². The van der Waals surface area contributed by atoms with E-state index < -0.39 is 19.0 Å². The fraction of sp³-hybridized carbons (Fsp3) is 0.900. The molecule has 0 fully saturated rings. The number of nitrogens with two attached hydrogens (primary N) is 1. The topological polar surface area (TPSA) is 98.9 Å². The second-order valence-electron chi connectivity index (χ2n) is 3.20. The first-order valence-corrected chi connectivity index (χ1v) is 9.55. The highest BCUT2D eigenvalue weighted by atomic mass is 35.7. The van der Waals surface area contributed by atoms with Crippen LogP contribution in [0, 0.1) is 0 Å². The third-order valence-corrected chi connectivity index (χ3v) is 4.31. The van der Waals surface area contributed by atoms with E-state index in [9.17, 15) is 9.36 Å². The van der Waals surface area contributed by atoms with Crippen LogP contribution in [0.2, 0.25) is 0 Å². The standard InChI is InChI=1S/C6H13NO2S.C4H10ClO3P/c1-2-10-4-3-5(7)6(8)9;1-3-7-9(5,6)8-4-2/h5H,2-4,7H2,1H3,(H,8,9);3-4H2,1-2H3/t5-;/m0./s1. The molecule has 1 atom stereocenters. The van der Waals surface area contributed by atoms with E-state index in [1.807, 2.05) is 6.92 Å². The SMILES string of the molecule is CCOP(=O)(Cl)OCC.CCSCC[C@H](N)C(=O)O. The summed E-state index contributed by atoms with van der Waals surface area (Å²) in [5.74, 6) is 0.952. The molecule has 0 saturated heterocycles. The summed E-state index contributed by atoms with van der Waals surface area (Å²) in [6.07, 6.45) is 0.563. The van der Waals surface area contributed by atoms with Gasteiger partial charge >= 0.3 is 12.9 Å². The highest BCUT2D eigenvalue weighted by Crippen LogP contribution is 2.53. The van der Waals surface area contributed by atoms with Gasteiger partial charge in [0.1, 0.15) is 6.04 Å². The van der Waals surface area contributed by atoms with Crippen molar-refractivity contribution in [2.75, 3.05) is 24.7 Å². The molecule has 0 aromatic rings. The van der Waals surface area contributed by atoms with Crippen molar-refractivity contribution in [3.63, 3.8) is 0 Å². The highest BCUT2D eigenvalue weighted by Gasteiger charge is 2.17. The smallest absolute Gasteiger partial charge is 0.424 e. The Morgan fingerprint density at radius 2 is 1.84 bits per heavy atom. The van der Waals surface area contributed by atoms with Crippen molar-refractivity contribution in [1.82, 2.24) is 0 Å². The lowest BCUT2D eigenvalue weighted by atomic mass is 10.2. The maximum atomic E-state index is 10.7. The van der Waals surface area contributed by atoms with Crippen LogP contribution in [0.1, 0.15) is 27.2 Å². The van der Waals surface area contributed by atoms with Crippen LogP contribution in [-0.2, 0) is 18.4 Å². The molecule has 0 aromatic heterocycles. The Morgan fingerprint density at radius 1 is 1.37 bits per heavy atom. The molecule has 0 unspecified atom stereocenters. The average molecular weight is 336 g/mol. The van der Waals surface area contributed by atoms with Gasteiger partial charge in [-0.05, 0) is 31.8 Å². The summed E-state index contributed by atoms with van der Waals surface area (Å²) in [6, 6.07) is -0.681. The molecule has 0 rings (SSSR count). The third-order valence-electron chi connectivity index (χ3n) is 1.66. The van der Waals surface area contributed by atoms with Gasteiger partial charge in [0, 0.05) is 11.2 Å². The lowest BCUT2D eigenvalue weighted by molar-refractivity contribution is -0.138. The molecule has 19 heavy (non-hydrogen) atoms. The van der Waals surface area contributed by atoms with Gasteiger partial charge in [-0.1, -0.05) is 6.92 Å². The van der Waals surface area contributed by atoms with Gasteiger partial charge < -0.3 is 10.8 Å². The summed E-state index contributed by atoms with van der Waals surface area (Å²) in [7, 11) is 0. The Bertz CT molecular complexity index is 273. The van der Waals surface area contributed by atoms with Gasteiger partial charge in [-0.3, -0.25) is 13.8 Å². The molecule has 6 nitrogen and oxygen atoms in total. The predicted molar refractivity (Wildman–Crippen MR) is 79.9 cm³/mol. The molecule has 0 aliphatic carbocycles. The van der Waals surface area contributed by atoms with Gasteiger partial charge in [0.2, 0.25) is 0 Å². The Morgan fingerprint density at radius 3 is 2.16 bits per heavy atom. The van der Waals surface area contributed by atoms with Crippen LogP contribution in [-0.4, -0.2) is 41.8 Å². The minimum absolute atomic E-state index is 0.306. The van der Waals surface area contributed by atoms with Crippen molar-refractivity contribution in [3.05, 3.63) is 0 Å². The van der Waals surface area contributed by atoms with Crippen LogP contribution < -0.4 is 5.73 Å². The molecule has 0 saturated carbocycles. The van der Waals surface area contributed by atoms with Crippen molar-refractivity contribution in [2.45, 2.75) is 33.2 Å². The van der Waals surface area contributed by atoms with E-state index in [4.69, 9.17) is 22.1 Å². The molecule has 0 spiro atoms. The van der Waals surface area contributed by atoms with E-state index in [2.05, 4.69) is 9.05 Å². The molecule has 0 aromatic carbocycles. The van der Waals surface area contributed by atoms with Crippen molar-refractivity contribution in [2.24, 2.45) is 5.73 Å². The van der Waals surface area contributed by atoms with Crippen molar-refractivity contribution < 1.29 is 23.5 Å². The number of carboxylic acids is 1. The van der Waals surface area contributed by atoms with Crippen LogP contribution in [0.5, 0.6) is 0 Å². The molecule has 0 aliphatic heterocycles. The van der Waals surface area contributed by atoms with Crippen LogP contribution in [0.15, 0.2) is 0 Å². The molecule has 9 heteroatoms. The zero-order chi connectivity index (χ0) is 15.3. The molecule has 0 aliphatic rings. The minimum atomic E-state index is -3.22. The van der Waals surface area contributed by atoms with E-state index in [-0.39, 0.29) is 0 Å². The molecule has 0 radical (unpaired) electrons. The zero-order valence-corrected chi connectivity index (χ0v) is 14.0. The maximum Gasteiger partial charge on any atom is 0.424 e. The third kappa shape index (κ3) is 16.2. The highest BCUT2D eigenvalue weighted by molar-refractivity contribution is 7.99. The Labute approximate surface area is 123 Å². The maximum absolute atomic E-state index is 10.7. The normalized spacial score (nSPS) is 12.5. The fourth-order valence-electron chi connectivity index (χ4n) is 0.824. The summed E-state index contributed by atoms with van der Waals surface area (Å²) >= 11 is 6.96. The minimum Gasteiger partial charge on any atom is -0.480 e. The molecule has 0 bridgehead atoms. The van der Waals surface area contributed by atoms with Crippen LogP contribution in [0.25, 0.3) is 0 Å². The largest absolute Gasteiger partial charge is 0.480 e. The van der Waals surface area contributed by atoms with Crippen LogP contribution in [0.4, 0.5) is 0 Å². The van der Waals surface area contributed by atoms with Gasteiger partial charge in [0.15, 0.2) is 0 Å². The number of aliphatic carboxylic acids is 1. The van der Waals surface area contributed by atoms with Crippen molar-refractivity contribution >= 4 is 35.9 Å². The van der Waals surface area contributed by atoms with Crippen molar-refractivity contribution in [1.29, 1.82) is 0 Å². The number of hydrogen-bond acceptors (Lipinski definition) is 6. The molecule has 3 N–H and O–H groups in total. The van der Waals surface area contributed by atoms with Gasteiger partial charge in [0.05, 0.1) is 13.2 Å². The number of halogens is 1. The lowest BCUT2D eigenvalue weighted by Crippen LogP contribution is -2.30. The average Bonchev–Trinajstić information content (AvgIpc) is 2.29. The summed E-state index contributed by atoms with van der Waals surface area (Å²) < 4.78 is 19.9. The second kappa shape index (κ2) is 13.2. The predicted octanol–water partition coefficient (Wildman–Crippen LogP) is 2.95. The van der Waals surface area contributed by atoms with E-state index in [0.29, 0.717) is 19.6 Å². The van der Waals surface area contributed by atoms with E-state index in [0.717, 1.165) is 11.5 Å². The molecule has 116 valence electrons. The summed E-state index contributed by atoms with van der Waals surface area (Å²) in [5.41, 5.74) is 5.24. The van der Waals surface area contributed by atoms with Crippen molar-refractivity contribution in [3.8, 4) is 0 Å². The number of carbonyl (C=O) groups is 1. The second-order valence-corrected chi connectivity index (χ2v) is 7.21. The van der Waals surface area contributed by atoms with E-state index >= 15 is 0 Å². The van der Waals surface area contributed by atoms with Crippen LogP contribution in [0.3, 0.4) is 0 Å². The molecular formula is C10H23ClNO5PS. The number of rotatable bonds is 9. The van der Waals surface area contributed by atoms with Gasteiger partial charge in [-0.25, -0.2) is 4.57 Å². The van der Waals surface area contributed by atoms with E-state index in [1.165, 1.54) is 0 Å². The van der Waals surface area contributed by atoms with Gasteiger partial charge in [-0.15, -0.1) is 0 Å². The van der Waals surface area contributed by atoms with Gasteiger partial charge in [0.25, 0.3) is 0 Å². The fourth-order valence-corrected chi connectivity index (χ4v) is 2.81. The Balaban J connectivity index is 0. The first kappa shape index (κ1) is 21.5. The summed E-state index contributed by atoms with van der Waals surface area (Å²) in [4.78, 5) is 10.2. The number of hydrogen-bond donors (Lipinski definition) is 2. The summed E-state index contributed by atoms with van der Waals surface area (Å²) in [6.45, 7) is 2.84. The Kier molecular flexibility index (Phi) is 15.0. The monoisotopic (exact) mass is 335 g/mol. The lowest BCUT2D eigenvalue weighted by Gasteiger charge is -2.06. The molecule has 0 heterocycles. The first-order chi connectivity index (χ1) is 8.80. The summed E-state index contributed by atoms with van der Waals surface area (Å²) in [5, 5.41) is 8.35. The van der Waals surface area contributed by atoms with E-state index in [1.54, 1.807) is 25.6 Å².